The second-order valence-electron chi connectivity index (χ2n) is 7.75. The number of thioether (sulfide) groups is 1. The van der Waals surface area contributed by atoms with Crippen LogP contribution in [-0.4, -0.2) is 26.4 Å². The Morgan fingerprint density at radius 1 is 1.34 bits per heavy atom. The Kier molecular flexibility index (Phi) is 6.06. The summed E-state index contributed by atoms with van der Waals surface area (Å²) in [7, 11) is 1.98. The van der Waals surface area contributed by atoms with Gasteiger partial charge in [0.15, 0.2) is 11.0 Å². The highest BCUT2D eigenvalue weighted by molar-refractivity contribution is 7.99. The number of hydrogen-bond donors (Lipinski definition) is 1. The number of rotatable bonds is 6. The molecule has 2 unspecified atom stereocenters. The molecular weight excluding hydrogens is 400 g/mol. The van der Waals surface area contributed by atoms with E-state index in [0.717, 1.165) is 28.9 Å². The summed E-state index contributed by atoms with van der Waals surface area (Å²) in [4.78, 5) is 13.9. The zero-order valence-electron chi connectivity index (χ0n) is 17.0. The average molecular weight is 427 g/mol. The van der Waals surface area contributed by atoms with Crippen molar-refractivity contribution in [3.8, 4) is 11.4 Å². The smallest absolute Gasteiger partial charge is 0.230 e. The lowest BCUT2D eigenvalue weighted by atomic mass is 9.88. The van der Waals surface area contributed by atoms with Crippen molar-refractivity contribution < 1.29 is 4.79 Å². The van der Waals surface area contributed by atoms with E-state index in [1.807, 2.05) is 60.2 Å². The number of nitrogens with one attached hydrogen (secondary N) is 1. The van der Waals surface area contributed by atoms with Gasteiger partial charge >= 0.3 is 0 Å². The number of nitrogens with zero attached hydrogens (tertiary/aromatic N) is 3. The third-order valence-corrected chi connectivity index (χ3v) is 7.56. The zero-order valence-corrected chi connectivity index (χ0v) is 18.6. The van der Waals surface area contributed by atoms with Crippen LogP contribution < -0.4 is 5.32 Å². The molecule has 0 radical (unpaired) electrons. The van der Waals surface area contributed by atoms with Crippen molar-refractivity contribution in [1.29, 1.82) is 0 Å². The molecule has 0 aliphatic heterocycles. The molecule has 1 aliphatic carbocycles. The van der Waals surface area contributed by atoms with Gasteiger partial charge in [-0.1, -0.05) is 49.0 Å². The molecule has 2 heterocycles. The number of hydrogen-bond acceptors (Lipinski definition) is 5. The van der Waals surface area contributed by atoms with Gasteiger partial charge in [-0.2, -0.15) is 0 Å². The van der Waals surface area contributed by atoms with E-state index in [4.69, 9.17) is 0 Å². The van der Waals surface area contributed by atoms with E-state index in [9.17, 15) is 4.79 Å². The minimum absolute atomic E-state index is 0.00203. The van der Waals surface area contributed by atoms with Crippen LogP contribution in [0, 0.1) is 5.92 Å². The van der Waals surface area contributed by atoms with Gasteiger partial charge in [0.2, 0.25) is 5.91 Å². The SMILES string of the molecule is CC1CCc2c(-c3nnc(SCC(=O)NC(C)c4ccccc4)n3C)csc2C1. The molecule has 0 fully saturated rings. The van der Waals surface area contributed by atoms with Crippen molar-refractivity contribution in [3.05, 3.63) is 51.7 Å². The van der Waals surface area contributed by atoms with E-state index in [2.05, 4.69) is 27.8 Å². The predicted octanol–water partition coefficient (Wildman–Crippen LogP) is 4.64. The topological polar surface area (TPSA) is 59.8 Å². The molecule has 1 N–H and O–H groups in total. The Morgan fingerprint density at radius 3 is 2.93 bits per heavy atom. The fraction of sp³-hybridized carbons (Fsp3) is 0.409. The third-order valence-electron chi connectivity index (χ3n) is 5.49. The predicted molar refractivity (Wildman–Crippen MR) is 119 cm³/mol. The minimum Gasteiger partial charge on any atom is -0.349 e. The van der Waals surface area contributed by atoms with Crippen LogP contribution in [0.3, 0.4) is 0 Å². The monoisotopic (exact) mass is 426 g/mol. The summed E-state index contributed by atoms with van der Waals surface area (Å²) < 4.78 is 2.01. The van der Waals surface area contributed by atoms with E-state index in [1.165, 1.54) is 40.6 Å². The highest BCUT2D eigenvalue weighted by Gasteiger charge is 2.23. The van der Waals surface area contributed by atoms with Gasteiger partial charge in [-0.25, -0.2) is 0 Å². The largest absolute Gasteiger partial charge is 0.349 e. The summed E-state index contributed by atoms with van der Waals surface area (Å²) in [6.45, 7) is 4.32. The summed E-state index contributed by atoms with van der Waals surface area (Å²) >= 11 is 3.27. The standard InChI is InChI=1S/C22H26N4OS2/c1-14-9-10-17-18(12-28-19(17)11-14)21-24-25-22(26(21)3)29-13-20(27)23-15(2)16-7-5-4-6-8-16/h4-8,12,14-15H,9-11,13H2,1-3H3,(H,23,27). The van der Waals surface area contributed by atoms with Gasteiger partial charge in [0, 0.05) is 22.9 Å². The number of benzene rings is 1. The molecule has 7 heteroatoms. The van der Waals surface area contributed by atoms with Gasteiger partial charge in [-0.05, 0) is 43.2 Å². The fourth-order valence-electron chi connectivity index (χ4n) is 3.78. The van der Waals surface area contributed by atoms with Crippen LogP contribution in [0.4, 0.5) is 0 Å². The number of carbonyl (C=O) groups excluding carboxylic acids is 1. The van der Waals surface area contributed by atoms with Crippen molar-refractivity contribution in [1.82, 2.24) is 20.1 Å². The summed E-state index contributed by atoms with van der Waals surface area (Å²) in [6, 6.07) is 9.98. The Hall–Kier alpha value is -2.12. The number of carbonyl (C=O) groups is 1. The van der Waals surface area contributed by atoms with Crippen molar-refractivity contribution in [2.75, 3.05) is 5.75 Å². The van der Waals surface area contributed by atoms with Crippen LogP contribution in [0.25, 0.3) is 11.4 Å². The van der Waals surface area contributed by atoms with E-state index in [0.29, 0.717) is 5.75 Å². The summed E-state index contributed by atoms with van der Waals surface area (Å²) in [5, 5.41) is 14.8. The van der Waals surface area contributed by atoms with E-state index in [-0.39, 0.29) is 11.9 Å². The lowest BCUT2D eigenvalue weighted by Gasteiger charge is -2.18. The molecule has 1 aromatic carbocycles. The highest BCUT2D eigenvalue weighted by atomic mass is 32.2. The van der Waals surface area contributed by atoms with Crippen LogP contribution in [0.5, 0.6) is 0 Å². The first kappa shape index (κ1) is 20.2. The molecule has 2 atom stereocenters. The molecule has 0 saturated heterocycles. The van der Waals surface area contributed by atoms with Gasteiger partial charge in [0.1, 0.15) is 0 Å². The second kappa shape index (κ2) is 8.71. The molecule has 1 aliphatic rings. The normalized spacial score (nSPS) is 17.0. The quantitative estimate of drug-likeness (QED) is 0.584. The Bertz CT molecular complexity index is 996. The van der Waals surface area contributed by atoms with Gasteiger partial charge < -0.3 is 9.88 Å². The third kappa shape index (κ3) is 4.41. The van der Waals surface area contributed by atoms with Crippen LogP contribution in [0.2, 0.25) is 0 Å². The highest BCUT2D eigenvalue weighted by Crippen LogP contribution is 2.38. The van der Waals surface area contributed by atoms with Crippen molar-refractivity contribution in [2.45, 2.75) is 44.3 Å². The first-order valence-corrected chi connectivity index (χ1v) is 11.9. The molecule has 5 nitrogen and oxygen atoms in total. The molecule has 29 heavy (non-hydrogen) atoms. The molecule has 1 amide bonds. The van der Waals surface area contributed by atoms with Gasteiger partial charge in [0.25, 0.3) is 0 Å². The summed E-state index contributed by atoms with van der Waals surface area (Å²) in [5.74, 6) is 1.98. The van der Waals surface area contributed by atoms with Crippen molar-refractivity contribution >= 4 is 29.0 Å². The van der Waals surface area contributed by atoms with E-state index < -0.39 is 0 Å². The molecule has 3 aromatic rings. The molecular formula is C22H26N4OS2. The van der Waals surface area contributed by atoms with Gasteiger partial charge in [0.05, 0.1) is 11.8 Å². The lowest BCUT2D eigenvalue weighted by molar-refractivity contribution is -0.119. The van der Waals surface area contributed by atoms with Crippen LogP contribution in [-0.2, 0) is 24.7 Å². The van der Waals surface area contributed by atoms with Crippen LogP contribution >= 0.6 is 23.1 Å². The molecule has 152 valence electrons. The average Bonchev–Trinajstić information content (AvgIpc) is 3.29. The van der Waals surface area contributed by atoms with Gasteiger partial charge in [-0.15, -0.1) is 21.5 Å². The minimum atomic E-state index is -0.0147. The molecule has 2 aromatic heterocycles. The number of fused-ring (bicyclic) bond motifs is 1. The van der Waals surface area contributed by atoms with E-state index in [1.54, 1.807) is 0 Å². The first-order chi connectivity index (χ1) is 14.0. The maximum Gasteiger partial charge on any atom is 0.230 e. The molecule has 0 bridgehead atoms. The Balaban J connectivity index is 1.40. The molecule has 0 spiro atoms. The maximum atomic E-state index is 12.4. The summed E-state index contributed by atoms with van der Waals surface area (Å²) in [5.41, 5.74) is 3.75. The lowest BCUT2D eigenvalue weighted by Crippen LogP contribution is -2.28. The maximum absolute atomic E-state index is 12.4. The Morgan fingerprint density at radius 2 is 2.14 bits per heavy atom. The van der Waals surface area contributed by atoms with E-state index >= 15 is 0 Å². The van der Waals surface area contributed by atoms with Crippen LogP contribution in [0.15, 0.2) is 40.9 Å². The Labute approximate surface area is 179 Å². The summed E-state index contributed by atoms with van der Waals surface area (Å²) in [6.07, 6.45) is 3.51. The van der Waals surface area contributed by atoms with Crippen LogP contribution in [0.1, 0.15) is 42.3 Å². The van der Waals surface area contributed by atoms with Crippen molar-refractivity contribution in [3.63, 3.8) is 0 Å². The first-order valence-electron chi connectivity index (χ1n) is 9.99. The van der Waals surface area contributed by atoms with Gasteiger partial charge in [-0.3, -0.25) is 4.79 Å². The molecule has 0 saturated carbocycles. The second-order valence-corrected chi connectivity index (χ2v) is 9.66. The zero-order chi connectivity index (χ0) is 20.4. The number of amides is 1. The number of thiophene rings is 1. The van der Waals surface area contributed by atoms with Crippen molar-refractivity contribution in [2.24, 2.45) is 13.0 Å². The fourth-order valence-corrected chi connectivity index (χ4v) is 5.74. The molecule has 4 rings (SSSR count). The number of aromatic nitrogens is 3.